The summed E-state index contributed by atoms with van der Waals surface area (Å²) in [5.41, 5.74) is 1.26. The molecule has 2 rings (SSSR count). The zero-order valence-corrected chi connectivity index (χ0v) is 12.4. The van der Waals surface area contributed by atoms with Crippen LogP contribution in [0.25, 0.3) is 0 Å². The molecule has 0 spiro atoms. The molecule has 1 amide bonds. The summed E-state index contributed by atoms with van der Waals surface area (Å²) in [5, 5.41) is 20.0. The molecule has 1 aliphatic heterocycles. The highest BCUT2D eigenvalue weighted by molar-refractivity contribution is 7.10. The van der Waals surface area contributed by atoms with Gasteiger partial charge in [-0.3, -0.25) is 9.69 Å². The predicted molar refractivity (Wildman–Crippen MR) is 78.7 cm³/mol. The molecule has 2 N–H and O–H groups in total. The molecule has 20 heavy (non-hydrogen) atoms. The maximum absolute atomic E-state index is 12.3. The smallest absolute Gasteiger partial charge is 0.237 e. The lowest BCUT2D eigenvalue weighted by molar-refractivity contribution is -0.133. The first kappa shape index (κ1) is 15.4. The number of hydrogen-bond donors (Lipinski definition) is 2. The normalized spacial score (nSPS) is 14.7. The molecule has 0 radical (unpaired) electrons. The van der Waals surface area contributed by atoms with Gasteiger partial charge in [-0.05, 0) is 29.9 Å². The number of carbonyl (C=O) groups is 1. The quantitative estimate of drug-likeness (QED) is 0.760. The number of carbonyl (C=O) groups excluding carboxylic acids is 1. The molecule has 5 nitrogen and oxygen atoms in total. The number of aliphatic hydroxyl groups is 2. The van der Waals surface area contributed by atoms with Gasteiger partial charge in [0, 0.05) is 37.7 Å². The second-order valence-electron chi connectivity index (χ2n) is 5.01. The number of nitrogens with zero attached hydrogens (tertiary/aromatic N) is 2. The third-order valence-corrected chi connectivity index (χ3v) is 4.59. The van der Waals surface area contributed by atoms with Crippen molar-refractivity contribution >= 4 is 17.2 Å². The molecule has 0 aromatic carbocycles. The topological polar surface area (TPSA) is 64.0 Å². The second kappa shape index (κ2) is 7.73. The highest BCUT2D eigenvalue weighted by Crippen LogP contribution is 2.23. The summed E-state index contributed by atoms with van der Waals surface area (Å²) in [4.78, 5) is 17.5. The molecule has 0 fully saturated rings. The molecule has 0 bridgehead atoms. The Morgan fingerprint density at radius 1 is 1.35 bits per heavy atom. The number of aliphatic hydroxyl groups excluding tert-OH is 2. The summed E-state index contributed by atoms with van der Waals surface area (Å²) in [6, 6.07) is 2.09. The Kier molecular flexibility index (Phi) is 5.97. The van der Waals surface area contributed by atoms with Gasteiger partial charge in [-0.25, -0.2) is 0 Å². The highest BCUT2D eigenvalue weighted by atomic mass is 32.1. The summed E-state index contributed by atoms with van der Waals surface area (Å²) in [7, 11) is 0. The first-order valence-electron chi connectivity index (χ1n) is 7.01. The van der Waals surface area contributed by atoms with Crippen LogP contribution < -0.4 is 0 Å². The molecule has 112 valence electrons. The van der Waals surface area contributed by atoms with Crippen molar-refractivity contribution in [2.45, 2.75) is 19.4 Å². The molecule has 1 aromatic rings. The molecule has 2 heterocycles. The largest absolute Gasteiger partial charge is 0.396 e. The minimum absolute atomic E-state index is 0.0351. The van der Waals surface area contributed by atoms with Crippen LogP contribution in [0.3, 0.4) is 0 Å². The molecular weight excluding hydrogens is 276 g/mol. The van der Waals surface area contributed by atoms with Crippen LogP contribution in [-0.4, -0.2) is 65.3 Å². The van der Waals surface area contributed by atoms with Gasteiger partial charge in [-0.1, -0.05) is 0 Å². The number of hydrogen-bond acceptors (Lipinski definition) is 5. The van der Waals surface area contributed by atoms with E-state index in [4.69, 9.17) is 10.2 Å². The minimum Gasteiger partial charge on any atom is -0.396 e. The third kappa shape index (κ3) is 4.02. The first-order valence-corrected chi connectivity index (χ1v) is 7.89. The maximum atomic E-state index is 12.3. The summed E-state index contributed by atoms with van der Waals surface area (Å²) < 4.78 is 0. The van der Waals surface area contributed by atoms with Crippen molar-refractivity contribution in [3.05, 3.63) is 21.9 Å². The highest BCUT2D eigenvalue weighted by Gasteiger charge is 2.22. The monoisotopic (exact) mass is 298 g/mol. The Hall–Kier alpha value is -0.950. The molecule has 6 heteroatoms. The van der Waals surface area contributed by atoms with Crippen LogP contribution in [0.1, 0.15) is 16.9 Å². The van der Waals surface area contributed by atoms with Crippen molar-refractivity contribution in [2.75, 3.05) is 39.4 Å². The third-order valence-electron chi connectivity index (χ3n) is 3.57. The van der Waals surface area contributed by atoms with E-state index < -0.39 is 0 Å². The fraction of sp³-hybridized carbons (Fsp3) is 0.643. The Bertz CT molecular complexity index is 436. The van der Waals surface area contributed by atoms with Gasteiger partial charge in [0.25, 0.3) is 0 Å². The first-order chi connectivity index (χ1) is 9.74. The summed E-state index contributed by atoms with van der Waals surface area (Å²) >= 11 is 1.76. The fourth-order valence-electron chi connectivity index (χ4n) is 2.46. The van der Waals surface area contributed by atoms with Crippen LogP contribution in [0, 0.1) is 0 Å². The van der Waals surface area contributed by atoms with Gasteiger partial charge in [-0.15, -0.1) is 11.3 Å². The van der Waals surface area contributed by atoms with E-state index in [2.05, 4.69) is 11.4 Å². The molecule has 1 aromatic heterocycles. The Balaban J connectivity index is 1.87. The van der Waals surface area contributed by atoms with E-state index in [9.17, 15) is 4.79 Å². The van der Waals surface area contributed by atoms with Gasteiger partial charge in [-0.2, -0.15) is 0 Å². The number of thiophene rings is 1. The molecule has 1 aliphatic rings. The van der Waals surface area contributed by atoms with Crippen molar-refractivity contribution in [3.8, 4) is 0 Å². The zero-order valence-electron chi connectivity index (χ0n) is 11.6. The lowest BCUT2D eigenvalue weighted by Crippen LogP contribution is -2.43. The van der Waals surface area contributed by atoms with E-state index in [1.807, 2.05) is 9.80 Å². The van der Waals surface area contributed by atoms with Gasteiger partial charge in [0.1, 0.15) is 0 Å². The van der Waals surface area contributed by atoms with Gasteiger partial charge in [0.05, 0.1) is 13.2 Å². The lowest BCUT2D eigenvalue weighted by atomic mass is 10.1. The van der Waals surface area contributed by atoms with E-state index in [1.54, 1.807) is 11.3 Å². The van der Waals surface area contributed by atoms with Crippen LogP contribution in [-0.2, 0) is 17.8 Å². The van der Waals surface area contributed by atoms with E-state index >= 15 is 0 Å². The molecule has 0 aliphatic carbocycles. The van der Waals surface area contributed by atoms with Crippen LogP contribution in [0.15, 0.2) is 11.4 Å². The number of fused-ring (bicyclic) bond motifs is 1. The summed E-state index contributed by atoms with van der Waals surface area (Å²) in [5.74, 6) is 0.105. The van der Waals surface area contributed by atoms with E-state index in [1.165, 1.54) is 10.4 Å². The fourth-order valence-corrected chi connectivity index (χ4v) is 3.35. The predicted octanol–water partition coefficient (Wildman–Crippen LogP) is 0.309. The van der Waals surface area contributed by atoms with Crippen molar-refractivity contribution < 1.29 is 15.0 Å². The Labute approximate surface area is 123 Å². The summed E-state index contributed by atoms with van der Waals surface area (Å²) in [6.07, 6.45) is 1.57. The SMILES string of the molecule is O=C(CN(CCO)CCCO)N1CCc2sccc2C1. The van der Waals surface area contributed by atoms with Crippen LogP contribution in [0.5, 0.6) is 0 Å². The molecule has 0 atom stereocenters. The standard InChI is InChI=1S/C14H22N2O3S/c17-7-1-4-15(6-8-18)11-14(19)16-5-2-13-12(10-16)3-9-20-13/h3,9,17-18H,1-2,4-8,10-11H2. The maximum Gasteiger partial charge on any atom is 0.237 e. The average molecular weight is 298 g/mol. The van der Waals surface area contributed by atoms with Crippen LogP contribution in [0.2, 0.25) is 0 Å². The summed E-state index contributed by atoms with van der Waals surface area (Å²) in [6.45, 7) is 3.05. The van der Waals surface area contributed by atoms with E-state index in [0.29, 0.717) is 32.6 Å². The van der Waals surface area contributed by atoms with Gasteiger partial charge in [0.2, 0.25) is 5.91 Å². The van der Waals surface area contributed by atoms with Gasteiger partial charge >= 0.3 is 0 Å². The Morgan fingerprint density at radius 2 is 2.20 bits per heavy atom. The van der Waals surface area contributed by atoms with E-state index in [-0.39, 0.29) is 19.1 Å². The van der Waals surface area contributed by atoms with Crippen molar-refractivity contribution in [3.63, 3.8) is 0 Å². The van der Waals surface area contributed by atoms with Crippen molar-refractivity contribution in [1.82, 2.24) is 9.80 Å². The second-order valence-corrected chi connectivity index (χ2v) is 6.01. The average Bonchev–Trinajstić information content (AvgIpc) is 2.92. The number of amides is 1. The lowest BCUT2D eigenvalue weighted by Gasteiger charge is -2.30. The Morgan fingerprint density at radius 3 is 2.95 bits per heavy atom. The van der Waals surface area contributed by atoms with Crippen LogP contribution in [0.4, 0.5) is 0 Å². The molecule has 0 saturated heterocycles. The van der Waals surface area contributed by atoms with Crippen molar-refractivity contribution in [1.29, 1.82) is 0 Å². The molecular formula is C14H22N2O3S. The van der Waals surface area contributed by atoms with E-state index in [0.717, 1.165) is 13.0 Å². The zero-order chi connectivity index (χ0) is 14.4. The molecule has 0 unspecified atom stereocenters. The number of rotatable bonds is 7. The molecule has 0 saturated carbocycles. The van der Waals surface area contributed by atoms with Crippen LogP contribution >= 0.6 is 11.3 Å². The minimum atomic E-state index is 0.0351. The van der Waals surface area contributed by atoms with Crippen molar-refractivity contribution in [2.24, 2.45) is 0 Å². The van der Waals surface area contributed by atoms with Gasteiger partial charge < -0.3 is 15.1 Å². The van der Waals surface area contributed by atoms with Gasteiger partial charge in [0.15, 0.2) is 0 Å².